The Kier molecular flexibility index (Phi) is 4.20. The van der Waals surface area contributed by atoms with Crippen molar-refractivity contribution in [2.45, 2.75) is 30.7 Å². The van der Waals surface area contributed by atoms with Crippen molar-refractivity contribution in [1.29, 1.82) is 0 Å². The topological polar surface area (TPSA) is 113 Å². The normalized spacial score (nSPS) is 12.6. The van der Waals surface area contributed by atoms with Crippen LogP contribution in [-0.2, 0) is 10.0 Å². The van der Waals surface area contributed by atoms with Gasteiger partial charge in [0.2, 0.25) is 10.0 Å². The Morgan fingerprint density at radius 2 is 2.00 bits per heavy atom. The van der Waals surface area contributed by atoms with Crippen molar-refractivity contribution in [3.63, 3.8) is 0 Å². The van der Waals surface area contributed by atoms with Gasteiger partial charge >= 0.3 is 0 Å². The number of aliphatic hydroxyl groups is 1. The van der Waals surface area contributed by atoms with Crippen LogP contribution in [0.25, 0.3) is 0 Å². The van der Waals surface area contributed by atoms with Crippen LogP contribution in [0.5, 0.6) is 5.75 Å². The molecule has 0 spiro atoms. The highest BCUT2D eigenvalue weighted by atomic mass is 32.2. The third-order valence-corrected chi connectivity index (χ3v) is 4.15. The minimum Gasteiger partial charge on any atom is -0.506 e. The molecule has 0 radical (unpaired) electrons. The number of aromatic hydroxyl groups is 1. The first-order valence-electron chi connectivity index (χ1n) is 5.41. The van der Waals surface area contributed by atoms with E-state index in [1.807, 2.05) is 0 Å². The van der Waals surface area contributed by atoms with Gasteiger partial charge < -0.3 is 15.9 Å². The lowest BCUT2D eigenvalue weighted by atomic mass is 10.0. The fourth-order valence-electron chi connectivity index (χ4n) is 1.45. The zero-order valence-corrected chi connectivity index (χ0v) is 11.2. The van der Waals surface area contributed by atoms with Gasteiger partial charge in [-0.2, -0.15) is 0 Å². The molecule has 1 aromatic rings. The quantitative estimate of drug-likeness (QED) is 0.459. The first-order valence-corrected chi connectivity index (χ1v) is 6.89. The number of phenols is 1. The second-order valence-electron chi connectivity index (χ2n) is 4.68. The maximum absolute atomic E-state index is 12.1. The van der Waals surface area contributed by atoms with Gasteiger partial charge in [-0.05, 0) is 38.5 Å². The molecular formula is C11H18N2O4S. The molecule has 7 heteroatoms. The lowest BCUT2D eigenvalue weighted by molar-refractivity contribution is 0.246. The molecule has 0 amide bonds. The molecule has 0 atom stereocenters. The molecule has 0 unspecified atom stereocenters. The predicted octanol–water partition coefficient (Wildman–Crippen LogP) is 0.414. The summed E-state index contributed by atoms with van der Waals surface area (Å²) >= 11 is 0. The highest BCUT2D eigenvalue weighted by molar-refractivity contribution is 7.89. The molecule has 1 aromatic carbocycles. The Morgan fingerprint density at radius 3 is 2.50 bits per heavy atom. The molecule has 6 nitrogen and oxygen atoms in total. The maximum Gasteiger partial charge on any atom is 0.241 e. The van der Waals surface area contributed by atoms with E-state index in [0.717, 1.165) is 0 Å². The Hall–Kier alpha value is -1.31. The number of phenolic OH excluding ortho intramolecular Hbond substituents is 1. The summed E-state index contributed by atoms with van der Waals surface area (Å²) in [5.74, 6) is -0.163. The van der Waals surface area contributed by atoms with Gasteiger partial charge in [0, 0.05) is 12.1 Å². The van der Waals surface area contributed by atoms with Gasteiger partial charge in [0.15, 0.2) is 0 Å². The molecule has 102 valence electrons. The summed E-state index contributed by atoms with van der Waals surface area (Å²) in [4.78, 5) is -0.0242. The number of sulfonamides is 1. The smallest absolute Gasteiger partial charge is 0.241 e. The summed E-state index contributed by atoms with van der Waals surface area (Å²) in [6.07, 6.45) is 0.291. The second kappa shape index (κ2) is 5.13. The van der Waals surface area contributed by atoms with Gasteiger partial charge in [0.1, 0.15) is 5.75 Å². The number of nitrogens with one attached hydrogen (secondary N) is 1. The lowest BCUT2D eigenvalue weighted by Crippen LogP contribution is -2.43. The molecule has 18 heavy (non-hydrogen) atoms. The van der Waals surface area contributed by atoms with Crippen LogP contribution >= 0.6 is 0 Å². The second-order valence-corrected chi connectivity index (χ2v) is 6.37. The van der Waals surface area contributed by atoms with Gasteiger partial charge in [-0.1, -0.05) is 0 Å². The molecule has 0 heterocycles. The van der Waals surface area contributed by atoms with Crippen LogP contribution < -0.4 is 10.5 Å². The van der Waals surface area contributed by atoms with E-state index < -0.39 is 15.6 Å². The number of anilines is 1. The third kappa shape index (κ3) is 3.59. The maximum atomic E-state index is 12.1. The standard InChI is InChI=1S/C11H18N2O4S/c1-11(2,5-6-14)13-18(16,17)8-3-4-10(15)9(12)7-8/h3-4,7,13-15H,5-6,12H2,1-2H3. The summed E-state index contributed by atoms with van der Waals surface area (Å²) < 4.78 is 26.6. The lowest BCUT2D eigenvalue weighted by Gasteiger charge is -2.25. The van der Waals surface area contributed by atoms with Crippen molar-refractivity contribution < 1.29 is 18.6 Å². The fourth-order valence-corrected chi connectivity index (χ4v) is 2.93. The van der Waals surface area contributed by atoms with Crippen molar-refractivity contribution in [2.75, 3.05) is 12.3 Å². The highest BCUT2D eigenvalue weighted by Gasteiger charge is 2.26. The van der Waals surface area contributed by atoms with E-state index in [-0.39, 0.29) is 22.9 Å². The molecule has 0 aliphatic carbocycles. The van der Waals surface area contributed by atoms with Crippen LogP contribution in [0.2, 0.25) is 0 Å². The first kappa shape index (κ1) is 14.7. The van der Waals surface area contributed by atoms with Gasteiger partial charge in [-0.25, -0.2) is 13.1 Å². The summed E-state index contributed by atoms with van der Waals surface area (Å²) in [7, 11) is -3.73. The molecule has 5 N–H and O–H groups in total. The van der Waals surface area contributed by atoms with E-state index in [9.17, 15) is 13.5 Å². The first-order chi connectivity index (χ1) is 8.18. The van der Waals surface area contributed by atoms with Crippen LogP contribution in [0.1, 0.15) is 20.3 Å². The van der Waals surface area contributed by atoms with E-state index in [4.69, 9.17) is 10.8 Å². The van der Waals surface area contributed by atoms with Crippen LogP contribution in [0.3, 0.4) is 0 Å². The Morgan fingerprint density at radius 1 is 1.39 bits per heavy atom. The molecule has 0 aromatic heterocycles. The number of aliphatic hydroxyl groups excluding tert-OH is 1. The minimum atomic E-state index is -3.73. The van der Waals surface area contributed by atoms with E-state index in [1.165, 1.54) is 18.2 Å². The van der Waals surface area contributed by atoms with Gasteiger partial charge in [0.05, 0.1) is 10.6 Å². The molecule has 0 saturated carbocycles. The van der Waals surface area contributed by atoms with Gasteiger partial charge in [-0.3, -0.25) is 0 Å². The zero-order valence-electron chi connectivity index (χ0n) is 10.3. The Balaban J connectivity index is 3.03. The van der Waals surface area contributed by atoms with Crippen molar-refractivity contribution in [1.82, 2.24) is 4.72 Å². The number of rotatable bonds is 5. The van der Waals surface area contributed by atoms with E-state index in [1.54, 1.807) is 13.8 Å². The van der Waals surface area contributed by atoms with E-state index in [2.05, 4.69) is 4.72 Å². The van der Waals surface area contributed by atoms with Crippen molar-refractivity contribution in [3.05, 3.63) is 18.2 Å². The van der Waals surface area contributed by atoms with Gasteiger partial charge in [0.25, 0.3) is 0 Å². The average Bonchev–Trinajstić information content (AvgIpc) is 2.20. The third-order valence-electron chi connectivity index (χ3n) is 2.46. The fraction of sp³-hybridized carbons (Fsp3) is 0.455. The monoisotopic (exact) mass is 274 g/mol. The van der Waals surface area contributed by atoms with Crippen LogP contribution in [-0.4, -0.2) is 30.8 Å². The number of nitrogens with two attached hydrogens (primary N) is 1. The molecular weight excluding hydrogens is 256 g/mol. The Labute approximate surface area is 106 Å². The number of hydrogen-bond acceptors (Lipinski definition) is 5. The van der Waals surface area contributed by atoms with Crippen LogP contribution in [0, 0.1) is 0 Å². The van der Waals surface area contributed by atoms with Crippen molar-refractivity contribution in [3.8, 4) is 5.75 Å². The summed E-state index contributed by atoms with van der Waals surface area (Å²) in [5, 5.41) is 18.1. The van der Waals surface area contributed by atoms with E-state index >= 15 is 0 Å². The predicted molar refractivity (Wildman–Crippen MR) is 68.6 cm³/mol. The summed E-state index contributed by atoms with van der Waals surface area (Å²) in [5.41, 5.74) is 4.69. The molecule has 0 fully saturated rings. The van der Waals surface area contributed by atoms with E-state index in [0.29, 0.717) is 6.42 Å². The van der Waals surface area contributed by atoms with Gasteiger partial charge in [-0.15, -0.1) is 0 Å². The largest absolute Gasteiger partial charge is 0.506 e. The highest BCUT2D eigenvalue weighted by Crippen LogP contribution is 2.24. The number of benzene rings is 1. The molecule has 0 saturated heterocycles. The number of nitrogen functional groups attached to an aromatic ring is 1. The molecule has 0 aliphatic rings. The van der Waals surface area contributed by atoms with Crippen molar-refractivity contribution in [2.24, 2.45) is 0 Å². The molecule has 1 rings (SSSR count). The number of hydrogen-bond donors (Lipinski definition) is 4. The minimum absolute atomic E-state index is 0.00200. The summed E-state index contributed by atoms with van der Waals surface area (Å²) in [6, 6.07) is 3.68. The van der Waals surface area contributed by atoms with Crippen LogP contribution in [0.15, 0.2) is 23.1 Å². The summed E-state index contributed by atoms with van der Waals surface area (Å²) in [6.45, 7) is 3.22. The van der Waals surface area contributed by atoms with Crippen molar-refractivity contribution >= 4 is 15.7 Å². The molecule has 0 aliphatic heterocycles. The Bertz CT molecular complexity index is 526. The average molecular weight is 274 g/mol. The van der Waals surface area contributed by atoms with Crippen LogP contribution in [0.4, 0.5) is 5.69 Å². The zero-order chi connectivity index (χ0) is 14.0. The SMILES string of the molecule is CC(C)(CCO)NS(=O)(=O)c1ccc(O)c(N)c1. The molecule has 0 bridgehead atoms.